The van der Waals surface area contributed by atoms with Crippen molar-refractivity contribution in [1.82, 2.24) is 0 Å². The van der Waals surface area contributed by atoms with E-state index in [0.717, 1.165) is 20.0 Å². The number of hydrogen-bond donors (Lipinski definition) is 2. The van der Waals surface area contributed by atoms with E-state index in [9.17, 15) is 9.59 Å². The van der Waals surface area contributed by atoms with E-state index in [0.29, 0.717) is 13.2 Å². The van der Waals surface area contributed by atoms with Crippen LogP contribution >= 0.6 is 0 Å². The summed E-state index contributed by atoms with van der Waals surface area (Å²) in [5.41, 5.74) is 0. The van der Waals surface area contributed by atoms with Gasteiger partial charge in [0.15, 0.2) is 0 Å². The number of likely N-dealkylation sites (N-methyl/N-ethyl adjacent to an activating group) is 2. The Bertz CT molecular complexity index is 349. The van der Waals surface area contributed by atoms with Crippen molar-refractivity contribution in [3.8, 4) is 0 Å². The molecule has 0 spiro atoms. The smallest absolute Gasteiger partial charge is 0.330 e. The minimum atomic E-state index is -1.08. The average molecular weight is 364 g/mol. The number of carbonyl (C=O) groups excluding carboxylic acids is 3. The van der Waals surface area contributed by atoms with Crippen LogP contribution in [0.5, 0.6) is 0 Å². The third-order valence-electron chi connectivity index (χ3n) is 2.03. The van der Waals surface area contributed by atoms with Gasteiger partial charge >= 0.3 is 11.9 Å². The van der Waals surface area contributed by atoms with Gasteiger partial charge in [-0.1, -0.05) is 13.2 Å². The number of aliphatic carboxylic acids is 1. The van der Waals surface area contributed by atoms with Crippen molar-refractivity contribution in [3.05, 3.63) is 25.3 Å². The molecule has 0 unspecified atom stereocenters. The Hall–Kier alpha value is -2.23. The Morgan fingerprint density at radius 1 is 0.880 bits per heavy atom. The zero-order chi connectivity index (χ0) is 19.5. The van der Waals surface area contributed by atoms with Crippen LogP contribution in [0.2, 0.25) is 0 Å². The Labute approximate surface area is 149 Å². The quantitative estimate of drug-likeness (QED) is 0.335. The number of quaternary nitrogens is 2. The summed E-state index contributed by atoms with van der Waals surface area (Å²) in [6, 6.07) is 0. The van der Waals surface area contributed by atoms with Gasteiger partial charge in [0.25, 0.3) is 0 Å². The summed E-state index contributed by atoms with van der Waals surface area (Å²) in [5.74, 6) is -1.78. The maximum atomic E-state index is 10.4. The fraction of sp³-hybridized carbons (Fsp3) is 0.562. The summed E-state index contributed by atoms with van der Waals surface area (Å²) >= 11 is 0. The van der Waals surface area contributed by atoms with Gasteiger partial charge in [-0.3, -0.25) is 0 Å². The number of rotatable bonds is 8. The first-order valence-corrected chi connectivity index (χ1v) is 7.40. The predicted molar refractivity (Wildman–Crippen MR) is 90.3 cm³/mol. The molecule has 0 aromatic heterocycles. The van der Waals surface area contributed by atoms with Gasteiger partial charge in [0.05, 0.1) is 28.2 Å². The molecule has 0 amide bonds. The van der Waals surface area contributed by atoms with E-state index >= 15 is 0 Å². The van der Waals surface area contributed by atoms with Crippen LogP contribution in [0.1, 0.15) is 6.92 Å². The SMILES string of the molecule is C=CC(=O)OCC[NH+](C)C.C=CC(=O)OCC[NH+](C)C.CC(=O)[O-].[OH-]. The minimum Gasteiger partial charge on any atom is -0.870 e. The Morgan fingerprint density at radius 3 is 1.28 bits per heavy atom. The van der Waals surface area contributed by atoms with Gasteiger partial charge in [0, 0.05) is 18.1 Å². The molecule has 3 N–H and O–H groups in total. The summed E-state index contributed by atoms with van der Waals surface area (Å²) in [6.07, 6.45) is 2.34. The van der Waals surface area contributed by atoms with Crippen molar-refractivity contribution < 1.29 is 44.2 Å². The van der Waals surface area contributed by atoms with Crippen molar-refractivity contribution in [2.75, 3.05) is 54.5 Å². The topological polar surface area (TPSA) is 132 Å². The molecule has 9 heteroatoms. The monoisotopic (exact) mass is 364 g/mol. The van der Waals surface area contributed by atoms with Crippen molar-refractivity contribution in [2.45, 2.75) is 6.92 Å². The highest BCUT2D eigenvalue weighted by Crippen LogP contribution is 1.75. The molecule has 0 aliphatic rings. The highest BCUT2D eigenvalue weighted by molar-refractivity contribution is 5.81. The van der Waals surface area contributed by atoms with Crippen molar-refractivity contribution in [2.24, 2.45) is 0 Å². The lowest BCUT2D eigenvalue weighted by atomic mass is 10.6. The lowest BCUT2D eigenvalue weighted by Crippen LogP contribution is -3.06. The van der Waals surface area contributed by atoms with Gasteiger partial charge < -0.3 is 34.7 Å². The van der Waals surface area contributed by atoms with Crippen molar-refractivity contribution in [1.29, 1.82) is 0 Å². The second-order valence-corrected chi connectivity index (χ2v) is 5.15. The van der Waals surface area contributed by atoms with Crippen LogP contribution < -0.4 is 14.9 Å². The summed E-state index contributed by atoms with van der Waals surface area (Å²) < 4.78 is 9.45. The lowest BCUT2D eigenvalue weighted by Gasteiger charge is -2.05. The molecule has 0 aromatic rings. The molecular formula is C16H32N2O7. The average Bonchev–Trinajstić information content (AvgIpc) is 2.46. The molecule has 0 heterocycles. The molecule has 0 atom stereocenters. The van der Waals surface area contributed by atoms with E-state index < -0.39 is 5.97 Å². The lowest BCUT2D eigenvalue weighted by molar-refractivity contribution is -0.858. The number of hydrogen-bond acceptors (Lipinski definition) is 7. The number of carbonyl (C=O) groups is 3. The molecule has 0 aliphatic carbocycles. The molecule has 0 fully saturated rings. The highest BCUT2D eigenvalue weighted by Gasteiger charge is 1.97. The maximum Gasteiger partial charge on any atom is 0.330 e. The van der Waals surface area contributed by atoms with Gasteiger partial charge in [-0.05, 0) is 6.92 Å². The zero-order valence-corrected chi connectivity index (χ0v) is 15.8. The third-order valence-corrected chi connectivity index (χ3v) is 2.03. The molecule has 9 nitrogen and oxygen atoms in total. The van der Waals surface area contributed by atoms with E-state index in [2.05, 4.69) is 13.2 Å². The number of nitrogens with one attached hydrogen (secondary N) is 2. The van der Waals surface area contributed by atoms with Crippen LogP contribution in [0.15, 0.2) is 25.3 Å². The Morgan fingerprint density at radius 2 is 1.12 bits per heavy atom. The Kier molecular flexibility index (Phi) is 26.7. The van der Waals surface area contributed by atoms with E-state index in [1.165, 1.54) is 22.0 Å². The first-order chi connectivity index (χ1) is 11.1. The summed E-state index contributed by atoms with van der Waals surface area (Å²) in [4.78, 5) is 32.3. The maximum absolute atomic E-state index is 10.4. The van der Waals surface area contributed by atoms with E-state index in [-0.39, 0.29) is 17.4 Å². The minimum absolute atomic E-state index is 0. The molecule has 25 heavy (non-hydrogen) atoms. The number of esters is 2. The van der Waals surface area contributed by atoms with Crippen LogP contribution in [0.3, 0.4) is 0 Å². The van der Waals surface area contributed by atoms with Crippen molar-refractivity contribution in [3.63, 3.8) is 0 Å². The van der Waals surface area contributed by atoms with Gasteiger partial charge in [0.2, 0.25) is 0 Å². The van der Waals surface area contributed by atoms with Crippen LogP contribution in [0, 0.1) is 0 Å². The normalized spacial score (nSPS) is 8.60. The van der Waals surface area contributed by atoms with E-state index in [1.807, 2.05) is 28.2 Å². The van der Waals surface area contributed by atoms with Gasteiger partial charge in [-0.25, -0.2) is 9.59 Å². The van der Waals surface area contributed by atoms with E-state index in [4.69, 9.17) is 19.4 Å². The zero-order valence-electron chi connectivity index (χ0n) is 15.8. The van der Waals surface area contributed by atoms with Crippen molar-refractivity contribution >= 4 is 17.9 Å². The van der Waals surface area contributed by atoms with Crippen LogP contribution in [-0.4, -0.2) is 77.9 Å². The number of carboxylic acids is 1. The van der Waals surface area contributed by atoms with Crippen LogP contribution in [0.4, 0.5) is 0 Å². The second-order valence-electron chi connectivity index (χ2n) is 5.15. The first kappa shape index (κ1) is 30.6. The molecule has 0 rings (SSSR count). The van der Waals surface area contributed by atoms with Crippen LogP contribution in [0.25, 0.3) is 0 Å². The Balaban J connectivity index is -0.000000141. The molecule has 0 bridgehead atoms. The van der Waals surface area contributed by atoms with E-state index in [1.54, 1.807) is 0 Å². The second kappa shape index (κ2) is 21.8. The fourth-order valence-corrected chi connectivity index (χ4v) is 0.829. The van der Waals surface area contributed by atoms with Gasteiger partial charge in [-0.15, -0.1) is 0 Å². The number of ether oxygens (including phenoxy) is 2. The number of carboxylic acid groups (broad SMARTS) is 1. The molecule has 0 saturated heterocycles. The standard InChI is InChI=1S/2C7H13NO2.C2H4O2.H2O/c2*1-4-7(9)10-6-5-8(2)3;1-2(3)4;/h2*4H,1,5-6H2,2-3H3;1H3,(H,3,4);1H2. The largest absolute Gasteiger partial charge is 0.870 e. The first-order valence-electron chi connectivity index (χ1n) is 7.40. The predicted octanol–water partition coefficient (Wildman–Crippen LogP) is -3.70. The van der Waals surface area contributed by atoms with Crippen LogP contribution in [-0.2, 0) is 23.9 Å². The highest BCUT2D eigenvalue weighted by atomic mass is 16.5. The molecule has 0 aromatic carbocycles. The molecule has 0 radical (unpaired) electrons. The molecule has 148 valence electrons. The van der Waals surface area contributed by atoms with Gasteiger partial charge in [0.1, 0.15) is 26.3 Å². The summed E-state index contributed by atoms with van der Waals surface area (Å²) in [5, 5.41) is 8.89. The summed E-state index contributed by atoms with van der Waals surface area (Å²) in [7, 11) is 8.01. The summed E-state index contributed by atoms with van der Waals surface area (Å²) in [6.45, 7) is 10.1. The molecule has 0 saturated carbocycles. The van der Waals surface area contributed by atoms with Gasteiger partial charge in [-0.2, -0.15) is 0 Å². The third kappa shape index (κ3) is 44.9. The molecular weight excluding hydrogens is 332 g/mol. The molecule has 0 aliphatic heterocycles. The fourth-order valence-electron chi connectivity index (χ4n) is 0.829.